The SMILES string of the molecule is CCCCNC(=O)C(CC)N(Cc1ccc(Cl)cc1Cl)C(=O)CN(c1ccc(F)c(F)c1)S(C)(=O)=O. The highest BCUT2D eigenvalue weighted by molar-refractivity contribution is 7.92. The van der Waals surface area contributed by atoms with Gasteiger partial charge < -0.3 is 10.2 Å². The third-order valence-electron chi connectivity index (χ3n) is 5.44. The van der Waals surface area contributed by atoms with E-state index in [0.717, 1.165) is 31.2 Å². The number of nitrogens with zero attached hydrogens (tertiary/aromatic N) is 2. The molecule has 0 spiro atoms. The molecule has 0 aliphatic carbocycles. The minimum absolute atomic E-state index is 0.107. The Labute approximate surface area is 220 Å². The van der Waals surface area contributed by atoms with Crippen LogP contribution in [-0.2, 0) is 26.2 Å². The lowest BCUT2D eigenvalue weighted by Gasteiger charge is -2.33. The summed E-state index contributed by atoms with van der Waals surface area (Å²) in [5.41, 5.74) is 0.266. The molecule has 1 atom stereocenters. The average Bonchev–Trinajstić information content (AvgIpc) is 2.80. The fourth-order valence-corrected chi connectivity index (χ4v) is 4.82. The van der Waals surface area contributed by atoms with Gasteiger partial charge in [-0.15, -0.1) is 0 Å². The Morgan fingerprint density at radius 1 is 1.06 bits per heavy atom. The number of hydrogen-bond donors (Lipinski definition) is 1. The van der Waals surface area contributed by atoms with Crippen molar-refractivity contribution in [1.82, 2.24) is 10.2 Å². The number of sulfonamides is 1. The van der Waals surface area contributed by atoms with Crippen molar-refractivity contribution in [3.05, 3.63) is 63.6 Å². The second kappa shape index (κ2) is 13.2. The van der Waals surface area contributed by atoms with E-state index in [-0.39, 0.29) is 23.7 Å². The standard InChI is InChI=1S/C24H29Cl2F2N3O4S/c1-4-6-11-29-24(33)22(5-2)30(14-16-7-8-17(25)12-19(16)26)23(32)15-31(36(3,34)35)18-9-10-20(27)21(28)13-18/h7-10,12-13,22H,4-6,11,14-15H2,1-3H3,(H,29,33). The zero-order valence-electron chi connectivity index (χ0n) is 20.2. The molecule has 36 heavy (non-hydrogen) atoms. The minimum Gasteiger partial charge on any atom is -0.354 e. The average molecular weight is 564 g/mol. The van der Waals surface area contributed by atoms with Gasteiger partial charge in [0.25, 0.3) is 0 Å². The molecule has 2 aromatic carbocycles. The zero-order chi connectivity index (χ0) is 27.0. The third kappa shape index (κ3) is 8.04. The summed E-state index contributed by atoms with van der Waals surface area (Å²) in [6.07, 6.45) is 2.68. The van der Waals surface area contributed by atoms with Crippen LogP contribution in [0.2, 0.25) is 10.0 Å². The first kappa shape index (κ1) is 29.8. The number of nitrogens with one attached hydrogen (secondary N) is 1. The summed E-state index contributed by atoms with van der Waals surface area (Å²) < 4.78 is 53.0. The molecule has 0 aliphatic heterocycles. The molecular weight excluding hydrogens is 535 g/mol. The summed E-state index contributed by atoms with van der Waals surface area (Å²) in [4.78, 5) is 27.8. The van der Waals surface area contributed by atoms with Crippen LogP contribution in [0.3, 0.4) is 0 Å². The Balaban J connectivity index is 2.46. The summed E-state index contributed by atoms with van der Waals surface area (Å²) in [5.74, 6) is -3.55. The van der Waals surface area contributed by atoms with E-state index < -0.39 is 46.1 Å². The molecule has 198 valence electrons. The zero-order valence-corrected chi connectivity index (χ0v) is 22.6. The van der Waals surface area contributed by atoms with Gasteiger partial charge in [0.2, 0.25) is 21.8 Å². The molecule has 0 radical (unpaired) electrons. The monoisotopic (exact) mass is 563 g/mol. The van der Waals surface area contributed by atoms with Gasteiger partial charge in [-0.2, -0.15) is 0 Å². The summed E-state index contributed by atoms with van der Waals surface area (Å²) >= 11 is 12.3. The Morgan fingerprint density at radius 3 is 2.31 bits per heavy atom. The van der Waals surface area contributed by atoms with Gasteiger partial charge >= 0.3 is 0 Å². The highest BCUT2D eigenvalue weighted by atomic mass is 35.5. The first-order valence-corrected chi connectivity index (χ1v) is 13.9. The van der Waals surface area contributed by atoms with Crippen molar-refractivity contribution in [2.75, 3.05) is 23.7 Å². The molecule has 1 unspecified atom stereocenters. The maximum atomic E-state index is 13.9. The first-order valence-electron chi connectivity index (χ1n) is 11.3. The van der Waals surface area contributed by atoms with E-state index in [1.54, 1.807) is 19.1 Å². The van der Waals surface area contributed by atoms with Gasteiger partial charge in [-0.25, -0.2) is 17.2 Å². The second-order valence-electron chi connectivity index (χ2n) is 8.19. The molecule has 0 bridgehead atoms. The van der Waals surface area contributed by atoms with Gasteiger partial charge in [-0.05, 0) is 42.7 Å². The molecule has 0 aromatic heterocycles. The number of benzene rings is 2. The number of carbonyl (C=O) groups is 2. The quantitative estimate of drug-likeness (QED) is 0.377. The number of hydrogen-bond acceptors (Lipinski definition) is 4. The maximum absolute atomic E-state index is 13.9. The predicted octanol–water partition coefficient (Wildman–Crippen LogP) is 4.76. The Hall–Kier alpha value is -2.43. The first-order chi connectivity index (χ1) is 16.9. The second-order valence-corrected chi connectivity index (χ2v) is 10.9. The normalized spacial score (nSPS) is 12.2. The van der Waals surface area contributed by atoms with Crippen LogP contribution in [0.4, 0.5) is 14.5 Å². The predicted molar refractivity (Wildman–Crippen MR) is 138 cm³/mol. The Kier molecular flexibility index (Phi) is 10.9. The Morgan fingerprint density at radius 2 is 1.75 bits per heavy atom. The molecule has 2 aromatic rings. The Bertz CT molecular complexity index is 1200. The van der Waals surface area contributed by atoms with E-state index >= 15 is 0 Å². The van der Waals surface area contributed by atoms with Crippen LogP contribution in [-0.4, -0.2) is 50.5 Å². The van der Waals surface area contributed by atoms with Gasteiger partial charge in [-0.3, -0.25) is 13.9 Å². The third-order valence-corrected chi connectivity index (χ3v) is 7.17. The van der Waals surface area contributed by atoms with Crippen LogP contribution in [0.25, 0.3) is 0 Å². The number of halogens is 4. The number of anilines is 1. The smallest absolute Gasteiger partial charge is 0.244 e. The van der Waals surface area contributed by atoms with Crippen molar-refractivity contribution >= 4 is 50.7 Å². The lowest BCUT2D eigenvalue weighted by Crippen LogP contribution is -2.52. The fourth-order valence-electron chi connectivity index (χ4n) is 3.51. The van der Waals surface area contributed by atoms with Gasteiger partial charge in [0.15, 0.2) is 11.6 Å². The molecule has 0 saturated heterocycles. The summed E-state index contributed by atoms with van der Waals surface area (Å²) in [6, 6.07) is 6.27. The largest absolute Gasteiger partial charge is 0.354 e. The summed E-state index contributed by atoms with van der Waals surface area (Å²) in [6.45, 7) is 3.26. The number of unbranched alkanes of at least 4 members (excludes halogenated alkanes) is 1. The lowest BCUT2D eigenvalue weighted by molar-refractivity contribution is -0.140. The van der Waals surface area contributed by atoms with Crippen molar-refractivity contribution in [1.29, 1.82) is 0 Å². The number of rotatable bonds is 12. The van der Waals surface area contributed by atoms with Crippen LogP contribution < -0.4 is 9.62 Å². The minimum atomic E-state index is -4.08. The molecule has 0 heterocycles. The van der Waals surface area contributed by atoms with Gasteiger partial charge in [0.05, 0.1) is 11.9 Å². The molecule has 1 N–H and O–H groups in total. The molecule has 2 amide bonds. The molecular formula is C24H29Cl2F2N3O4S. The summed E-state index contributed by atoms with van der Waals surface area (Å²) in [5, 5.41) is 3.45. The molecule has 12 heteroatoms. The summed E-state index contributed by atoms with van der Waals surface area (Å²) in [7, 11) is -4.08. The maximum Gasteiger partial charge on any atom is 0.244 e. The molecule has 0 fully saturated rings. The topological polar surface area (TPSA) is 86.8 Å². The van der Waals surface area contributed by atoms with Crippen molar-refractivity contribution in [3.8, 4) is 0 Å². The molecule has 0 saturated carbocycles. The van der Waals surface area contributed by atoms with Crippen LogP contribution in [0.15, 0.2) is 36.4 Å². The van der Waals surface area contributed by atoms with Crippen LogP contribution in [0.1, 0.15) is 38.7 Å². The van der Waals surface area contributed by atoms with Gasteiger partial charge in [-0.1, -0.05) is 49.5 Å². The van der Waals surface area contributed by atoms with Crippen molar-refractivity contribution in [2.24, 2.45) is 0 Å². The number of carbonyl (C=O) groups excluding carboxylic acids is 2. The van der Waals surface area contributed by atoms with E-state index in [0.29, 0.717) is 27.5 Å². The van der Waals surface area contributed by atoms with E-state index in [1.165, 1.54) is 11.0 Å². The van der Waals surface area contributed by atoms with Crippen molar-refractivity contribution < 1.29 is 26.8 Å². The number of amides is 2. The van der Waals surface area contributed by atoms with Gasteiger partial charge in [0.1, 0.15) is 12.6 Å². The fraction of sp³-hybridized carbons (Fsp3) is 0.417. The van der Waals surface area contributed by atoms with E-state index in [1.807, 2.05) is 6.92 Å². The van der Waals surface area contributed by atoms with E-state index in [2.05, 4.69) is 5.32 Å². The lowest BCUT2D eigenvalue weighted by atomic mass is 10.1. The van der Waals surface area contributed by atoms with Crippen LogP contribution >= 0.6 is 23.2 Å². The molecule has 0 aliphatic rings. The molecule has 2 rings (SSSR count). The molecule has 7 nitrogen and oxygen atoms in total. The van der Waals surface area contributed by atoms with Crippen molar-refractivity contribution in [3.63, 3.8) is 0 Å². The van der Waals surface area contributed by atoms with Crippen molar-refractivity contribution in [2.45, 2.75) is 45.7 Å². The highest BCUT2D eigenvalue weighted by Gasteiger charge is 2.32. The van der Waals surface area contributed by atoms with E-state index in [4.69, 9.17) is 23.2 Å². The van der Waals surface area contributed by atoms with Crippen LogP contribution in [0, 0.1) is 11.6 Å². The van der Waals surface area contributed by atoms with E-state index in [9.17, 15) is 26.8 Å². The highest BCUT2D eigenvalue weighted by Crippen LogP contribution is 2.25. The van der Waals surface area contributed by atoms with Crippen LogP contribution in [0.5, 0.6) is 0 Å². The van der Waals surface area contributed by atoms with Gasteiger partial charge in [0, 0.05) is 29.2 Å².